The Morgan fingerprint density at radius 1 is 1.05 bits per heavy atom. The molecular weight excluding hydrogens is 497 g/mol. The first kappa shape index (κ1) is 24.2. The van der Waals surface area contributed by atoms with Gasteiger partial charge >= 0.3 is 6.03 Å². The summed E-state index contributed by atoms with van der Waals surface area (Å²) in [6.07, 6.45) is 1.76. The zero-order valence-corrected chi connectivity index (χ0v) is 20.2. The van der Waals surface area contributed by atoms with E-state index in [0.717, 1.165) is 38.1 Å². The summed E-state index contributed by atoms with van der Waals surface area (Å²) < 4.78 is 20.5. The van der Waals surface area contributed by atoms with Gasteiger partial charge in [0.15, 0.2) is 11.6 Å². The van der Waals surface area contributed by atoms with Crippen LogP contribution in [0.25, 0.3) is 11.0 Å². The number of aromatic nitrogens is 2. The number of hydrogen-bond acceptors (Lipinski definition) is 7. The molecule has 5 rings (SSSR count). The number of piperazine rings is 1. The normalized spacial score (nSPS) is 13.2. The van der Waals surface area contributed by atoms with Gasteiger partial charge in [0.2, 0.25) is 0 Å². The summed E-state index contributed by atoms with van der Waals surface area (Å²) in [5.74, 6) is 0.541. The minimum Gasteiger partial charge on any atom is -0.454 e. The van der Waals surface area contributed by atoms with Crippen molar-refractivity contribution < 1.29 is 13.9 Å². The molecule has 0 saturated carbocycles. The molecule has 3 N–H and O–H groups in total. The van der Waals surface area contributed by atoms with Crippen molar-refractivity contribution in [2.75, 3.05) is 41.7 Å². The van der Waals surface area contributed by atoms with Crippen molar-refractivity contribution >= 4 is 45.9 Å². The minimum atomic E-state index is -0.653. The smallest absolute Gasteiger partial charge is 0.323 e. The van der Waals surface area contributed by atoms with Gasteiger partial charge in [-0.15, -0.1) is 0 Å². The largest absolute Gasteiger partial charge is 0.454 e. The maximum atomic E-state index is 14.8. The molecular formula is C26H21ClFN7O2. The Hall–Kier alpha value is -4.46. The van der Waals surface area contributed by atoms with Crippen molar-refractivity contribution in [3.05, 3.63) is 77.2 Å². The first-order valence-corrected chi connectivity index (χ1v) is 11.8. The van der Waals surface area contributed by atoms with E-state index in [1.807, 2.05) is 6.07 Å². The van der Waals surface area contributed by atoms with E-state index in [1.165, 1.54) is 24.3 Å². The number of ether oxygens (including phenoxy) is 1. The third kappa shape index (κ3) is 5.69. The minimum absolute atomic E-state index is 0.00426. The number of amides is 2. The van der Waals surface area contributed by atoms with E-state index in [0.29, 0.717) is 28.0 Å². The molecule has 0 aliphatic carbocycles. The lowest BCUT2D eigenvalue weighted by Crippen LogP contribution is -2.43. The number of anilines is 3. The average Bonchev–Trinajstić information content (AvgIpc) is 2.90. The number of nitriles is 1. The van der Waals surface area contributed by atoms with Crippen LogP contribution in [-0.2, 0) is 0 Å². The molecule has 0 atom stereocenters. The van der Waals surface area contributed by atoms with Crippen LogP contribution in [0.2, 0.25) is 5.02 Å². The zero-order valence-electron chi connectivity index (χ0n) is 19.5. The zero-order chi connectivity index (χ0) is 25.8. The number of nitrogens with zero attached hydrogens (tertiary/aromatic N) is 4. The third-order valence-electron chi connectivity index (χ3n) is 5.71. The highest BCUT2D eigenvalue weighted by atomic mass is 35.5. The molecule has 4 aromatic rings. The van der Waals surface area contributed by atoms with Crippen molar-refractivity contribution in [2.45, 2.75) is 0 Å². The number of nitrogens with one attached hydrogen (secondary N) is 3. The van der Waals surface area contributed by atoms with Gasteiger partial charge in [-0.1, -0.05) is 11.6 Å². The molecule has 0 bridgehead atoms. The highest BCUT2D eigenvalue weighted by molar-refractivity contribution is 6.32. The Labute approximate surface area is 216 Å². The summed E-state index contributed by atoms with van der Waals surface area (Å²) in [6, 6.07) is 15.1. The number of rotatable bonds is 5. The van der Waals surface area contributed by atoms with E-state index in [4.69, 9.17) is 26.6 Å². The fourth-order valence-corrected chi connectivity index (χ4v) is 4.08. The first-order valence-electron chi connectivity index (χ1n) is 11.5. The molecule has 1 fully saturated rings. The van der Waals surface area contributed by atoms with Crippen LogP contribution in [0.3, 0.4) is 0 Å². The van der Waals surface area contributed by atoms with E-state index in [1.54, 1.807) is 30.5 Å². The van der Waals surface area contributed by atoms with Crippen LogP contribution in [0.15, 0.2) is 60.8 Å². The van der Waals surface area contributed by atoms with Crippen molar-refractivity contribution in [3.8, 4) is 17.6 Å². The molecule has 3 aromatic carbocycles. The van der Waals surface area contributed by atoms with Gasteiger partial charge in [-0.3, -0.25) is 4.98 Å². The van der Waals surface area contributed by atoms with Crippen LogP contribution < -0.4 is 25.6 Å². The number of hydrogen-bond donors (Lipinski definition) is 3. The molecule has 0 radical (unpaired) electrons. The fraction of sp³-hybridized carbons (Fsp3) is 0.154. The number of carbonyl (C=O) groups excluding carboxylic acids is 1. The molecule has 0 spiro atoms. The molecule has 11 heteroatoms. The van der Waals surface area contributed by atoms with E-state index in [-0.39, 0.29) is 16.5 Å². The SMILES string of the molecule is N#Cc1ccc(NC(=O)Nc2ccc(Oc3ccc4ncc(N5CCNCC5)nc4c3)c(F)c2)cc1Cl. The Kier molecular flexibility index (Phi) is 6.98. The Morgan fingerprint density at radius 3 is 2.54 bits per heavy atom. The summed E-state index contributed by atoms with van der Waals surface area (Å²) in [4.78, 5) is 23.6. The lowest BCUT2D eigenvalue weighted by molar-refractivity contribution is 0.262. The number of benzene rings is 3. The van der Waals surface area contributed by atoms with Gasteiger partial charge in [0.05, 0.1) is 27.8 Å². The van der Waals surface area contributed by atoms with Gasteiger partial charge < -0.3 is 25.6 Å². The van der Waals surface area contributed by atoms with Crippen LogP contribution in [0.1, 0.15) is 5.56 Å². The van der Waals surface area contributed by atoms with Crippen molar-refractivity contribution in [1.82, 2.24) is 15.3 Å². The molecule has 1 aliphatic heterocycles. The summed E-state index contributed by atoms with van der Waals surface area (Å²) >= 11 is 5.98. The summed E-state index contributed by atoms with van der Waals surface area (Å²) in [6.45, 7) is 3.47. The second kappa shape index (κ2) is 10.7. The first-order chi connectivity index (χ1) is 18.0. The number of carbonyl (C=O) groups is 1. The third-order valence-corrected chi connectivity index (χ3v) is 6.02. The maximum absolute atomic E-state index is 14.8. The van der Waals surface area contributed by atoms with Crippen LogP contribution in [0.4, 0.5) is 26.4 Å². The summed E-state index contributed by atoms with van der Waals surface area (Å²) in [7, 11) is 0. The number of urea groups is 1. The molecule has 1 aromatic heterocycles. The van der Waals surface area contributed by atoms with Crippen LogP contribution in [-0.4, -0.2) is 42.2 Å². The van der Waals surface area contributed by atoms with Crippen LogP contribution in [0, 0.1) is 17.1 Å². The molecule has 9 nitrogen and oxygen atoms in total. The van der Waals surface area contributed by atoms with Gasteiger partial charge in [-0.05, 0) is 42.5 Å². The number of halogens is 2. The molecule has 1 saturated heterocycles. The molecule has 2 heterocycles. The Bertz CT molecular complexity index is 1520. The predicted molar refractivity (Wildman–Crippen MR) is 140 cm³/mol. The second-order valence-electron chi connectivity index (χ2n) is 8.25. The van der Waals surface area contributed by atoms with Gasteiger partial charge in [-0.2, -0.15) is 5.26 Å². The van der Waals surface area contributed by atoms with E-state index in [2.05, 4.69) is 25.8 Å². The summed E-state index contributed by atoms with van der Waals surface area (Å²) in [5.41, 5.74) is 2.27. The van der Waals surface area contributed by atoms with Crippen molar-refractivity contribution in [2.24, 2.45) is 0 Å². The van der Waals surface area contributed by atoms with Gasteiger partial charge in [0, 0.05) is 49.7 Å². The Balaban J connectivity index is 1.26. The highest BCUT2D eigenvalue weighted by Gasteiger charge is 2.14. The highest BCUT2D eigenvalue weighted by Crippen LogP contribution is 2.29. The van der Waals surface area contributed by atoms with E-state index in [9.17, 15) is 9.18 Å². The van der Waals surface area contributed by atoms with Crippen LogP contribution in [0.5, 0.6) is 11.5 Å². The lowest BCUT2D eigenvalue weighted by Gasteiger charge is -2.28. The molecule has 186 valence electrons. The Morgan fingerprint density at radius 2 is 1.81 bits per heavy atom. The monoisotopic (exact) mass is 517 g/mol. The van der Waals surface area contributed by atoms with Gasteiger partial charge in [0.1, 0.15) is 17.6 Å². The molecule has 37 heavy (non-hydrogen) atoms. The van der Waals surface area contributed by atoms with Gasteiger partial charge in [-0.25, -0.2) is 14.2 Å². The predicted octanol–water partition coefficient (Wildman–Crippen LogP) is 5.14. The van der Waals surface area contributed by atoms with E-state index >= 15 is 0 Å². The number of fused-ring (bicyclic) bond motifs is 1. The molecule has 0 unspecified atom stereocenters. The maximum Gasteiger partial charge on any atom is 0.323 e. The molecule has 1 aliphatic rings. The average molecular weight is 518 g/mol. The summed E-state index contributed by atoms with van der Waals surface area (Å²) in [5, 5.41) is 17.6. The standard InChI is InChI=1S/C26H21ClFN7O2/c27-20-11-17(2-1-16(20)14-29)32-26(36)33-18-3-6-24(21(28)12-18)37-19-4-5-22-23(13-19)34-25(15-31-22)35-9-7-30-8-10-35/h1-6,11-13,15,30H,7-10H2,(H2,32,33,36). The van der Waals surface area contributed by atoms with E-state index < -0.39 is 11.8 Å². The lowest BCUT2D eigenvalue weighted by atomic mass is 10.2. The fourth-order valence-electron chi connectivity index (χ4n) is 3.86. The quantitative estimate of drug-likeness (QED) is 0.336. The second-order valence-corrected chi connectivity index (χ2v) is 8.66. The van der Waals surface area contributed by atoms with Gasteiger partial charge in [0.25, 0.3) is 0 Å². The van der Waals surface area contributed by atoms with Crippen molar-refractivity contribution in [1.29, 1.82) is 5.26 Å². The van der Waals surface area contributed by atoms with Crippen molar-refractivity contribution in [3.63, 3.8) is 0 Å². The van der Waals surface area contributed by atoms with Crippen LogP contribution >= 0.6 is 11.6 Å². The molecule has 2 amide bonds. The topological polar surface area (TPSA) is 115 Å².